The molecule has 0 spiro atoms. The summed E-state index contributed by atoms with van der Waals surface area (Å²) >= 11 is 1.83. The van der Waals surface area contributed by atoms with Gasteiger partial charge in [0.1, 0.15) is 0 Å². The first kappa shape index (κ1) is 17.7. The number of H-pyrrole nitrogens is 1. The number of hydrogen-bond acceptors (Lipinski definition) is 1. The van der Waals surface area contributed by atoms with Crippen LogP contribution in [0, 0.1) is 20.8 Å². The molecule has 0 saturated heterocycles. The lowest BCUT2D eigenvalue weighted by atomic mass is 9.83. The van der Waals surface area contributed by atoms with Gasteiger partial charge in [0.25, 0.3) is 0 Å². The molecule has 5 aromatic rings. The summed E-state index contributed by atoms with van der Waals surface area (Å²) in [5.74, 6) is 0.258. The van der Waals surface area contributed by atoms with Gasteiger partial charge in [0.15, 0.2) is 0 Å². The highest BCUT2D eigenvalue weighted by Crippen LogP contribution is 2.53. The van der Waals surface area contributed by atoms with Gasteiger partial charge in [0.2, 0.25) is 0 Å². The van der Waals surface area contributed by atoms with E-state index in [-0.39, 0.29) is 5.92 Å². The first-order valence-corrected chi connectivity index (χ1v) is 11.4. The molecule has 0 radical (unpaired) electrons. The molecule has 146 valence electrons. The van der Waals surface area contributed by atoms with E-state index < -0.39 is 0 Å². The van der Waals surface area contributed by atoms with Gasteiger partial charge in [0.05, 0.1) is 0 Å². The maximum atomic E-state index is 3.56. The topological polar surface area (TPSA) is 15.8 Å². The zero-order chi connectivity index (χ0) is 20.4. The summed E-state index contributed by atoms with van der Waals surface area (Å²) in [6.45, 7) is 6.70. The van der Waals surface area contributed by atoms with Gasteiger partial charge in [-0.3, -0.25) is 0 Å². The quantitative estimate of drug-likeness (QED) is 0.300. The maximum Gasteiger partial charge on any atom is 0.0461 e. The Balaban J connectivity index is 1.69. The minimum Gasteiger partial charge on any atom is -0.358 e. The number of hydrogen-bond donors (Lipinski definition) is 1. The molecule has 0 bridgehead atoms. The van der Waals surface area contributed by atoms with E-state index in [1.165, 1.54) is 66.0 Å². The van der Waals surface area contributed by atoms with Crippen molar-refractivity contribution in [2.24, 2.45) is 0 Å². The Morgan fingerprint density at radius 2 is 1.50 bits per heavy atom. The number of benzene rings is 3. The molecule has 2 aromatic heterocycles. The van der Waals surface area contributed by atoms with Crippen molar-refractivity contribution in [1.29, 1.82) is 0 Å². The van der Waals surface area contributed by atoms with Gasteiger partial charge in [-0.25, -0.2) is 0 Å². The number of rotatable bonds is 2. The predicted molar refractivity (Wildman–Crippen MR) is 129 cm³/mol. The van der Waals surface area contributed by atoms with Crippen LogP contribution in [0.1, 0.15) is 39.4 Å². The third-order valence-corrected chi connectivity index (χ3v) is 7.72. The average Bonchev–Trinajstić information content (AvgIpc) is 3.46. The Kier molecular flexibility index (Phi) is 3.81. The second kappa shape index (κ2) is 6.45. The third kappa shape index (κ3) is 2.34. The summed E-state index contributed by atoms with van der Waals surface area (Å²) in [6.07, 6.45) is 0. The minimum absolute atomic E-state index is 0.258. The molecule has 0 saturated carbocycles. The molecule has 0 fully saturated rings. The predicted octanol–water partition coefficient (Wildman–Crippen LogP) is 7.98. The molecule has 1 aliphatic carbocycles. The molecule has 6 rings (SSSR count). The summed E-state index contributed by atoms with van der Waals surface area (Å²) in [4.78, 5) is 4.90. The normalized spacial score (nSPS) is 14.8. The Morgan fingerprint density at radius 3 is 2.33 bits per heavy atom. The summed E-state index contributed by atoms with van der Waals surface area (Å²) in [7, 11) is 0. The average molecular weight is 406 g/mol. The fourth-order valence-corrected chi connectivity index (χ4v) is 6.11. The third-order valence-electron chi connectivity index (χ3n) is 6.82. The van der Waals surface area contributed by atoms with Crippen LogP contribution in [0.15, 0.2) is 72.1 Å². The summed E-state index contributed by atoms with van der Waals surface area (Å²) in [6, 6.07) is 24.8. The van der Waals surface area contributed by atoms with E-state index in [2.05, 4.69) is 97.9 Å². The van der Waals surface area contributed by atoms with Crippen LogP contribution in [0.3, 0.4) is 0 Å². The van der Waals surface area contributed by atoms with Crippen molar-refractivity contribution in [2.45, 2.75) is 26.7 Å². The van der Waals surface area contributed by atoms with E-state index in [9.17, 15) is 0 Å². The van der Waals surface area contributed by atoms with E-state index >= 15 is 0 Å². The highest BCUT2D eigenvalue weighted by molar-refractivity contribution is 7.13. The molecule has 30 heavy (non-hydrogen) atoms. The number of thiophene rings is 1. The molecule has 3 aromatic carbocycles. The zero-order valence-electron chi connectivity index (χ0n) is 17.4. The smallest absolute Gasteiger partial charge is 0.0461 e. The van der Waals surface area contributed by atoms with Gasteiger partial charge in [-0.1, -0.05) is 54.6 Å². The van der Waals surface area contributed by atoms with Crippen LogP contribution in [-0.4, -0.2) is 4.98 Å². The first-order chi connectivity index (χ1) is 14.6. The van der Waals surface area contributed by atoms with E-state index in [0.717, 1.165) is 0 Å². The van der Waals surface area contributed by atoms with E-state index in [0.29, 0.717) is 0 Å². The Hall–Kier alpha value is -3.10. The second-order valence-electron chi connectivity index (χ2n) is 8.34. The van der Waals surface area contributed by atoms with Crippen molar-refractivity contribution in [2.75, 3.05) is 0 Å². The highest BCUT2D eigenvalue weighted by atomic mass is 32.1. The molecule has 0 amide bonds. The Labute approximate surface area is 181 Å². The van der Waals surface area contributed by atoms with Crippen molar-refractivity contribution >= 4 is 22.2 Å². The van der Waals surface area contributed by atoms with Gasteiger partial charge in [0, 0.05) is 27.4 Å². The van der Waals surface area contributed by atoms with Gasteiger partial charge in [-0.15, -0.1) is 11.3 Å². The van der Waals surface area contributed by atoms with E-state index in [4.69, 9.17) is 0 Å². The summed E-state index contributed by atoms with van der Waals surface area (Å²) in [5, 5.41) is 3.55. The first-order valence-electron chi connectivity index (χ1n) is 10.5. The fraction of sp³-hybridized carbons (Fsp3) is 0.143. The van der Waals surface area contributed by atoms with E-state index in [1.807, 2.05) is 11.3 Å². The summed E-state index contributed by atoms with van der Waals surface area (Å²) in [5.41, 5.74) is 13.7. The minimum atomic E-state index is 0.258. The number of aromatic nitrogens is 1. The number of aryl methyl sites for hydroxylation is 3. The van der Waals surface area contributed by atoms with Crippen molar-refractivity contribution in [1.82, 2.24) is 4.98 Å². The monoisotopic (exact) mass is 405 g/mol. The molecule has 1 aliphatic rings. The van der Waals surface area contributed by atoms with Crippen molar-refractivity contribution < 1.29 is 0 Å². The largest absolute Gasteiger partial charge is 0.358 e. The molecular formula is C28H23NS. The lowest BCUT2D eigenvalue weighted by Gasteiger charge is -2.20. The molecular weight excluding hydrogens is 382 g/mol. The van der Waals surface area contributed by atoms with Gasteiger partial charge >= 0.3 is 0 Å². The van der Waals surface area contributed by atoms with Crippen molar-refractivity contribution in [3.8, 4) is 21.6 Å². The standard InChI is InChI=1S/C28H23NS/c1-16-18(3)29-24-14-13-19(17(2)26(16)24)27-21-9-5-4-8-20(21)22-10-6-11-23(28(22)27)25-12-7-15-30-25/h4-15,27,29H,1-3H3. The molecule has 2 heteroatoms. The molecule has 0 aliphatic heterocycles. The molecule has 1 unspecified atom stereocenters. The van der Waals surface area contributed by atoms with Gasteiger partial charge in [-0.05, 0) is 82.8 Å². The van der Waals surface area contributed by atoms with Crippen LogP contribution in [0.2, 0.25) is 0 Å². The maximum absolute atomic E-state index is 3.56. The van der Waals surface area contributed by atoms with Crippen LogP contribution in [0.25, 0.3) is 32.5 Å². The molecule has 1 atom stereocenters. The fourth-order valence-electron chi connectivity index (χ4n) is 5.34. The molecule has 1 nitrogen and oxygen atoms in total. The second-order valence-corrected chi connectivity index (χ2v) is 9.29. The van der Waals surface area contributed by atoms with Gasteiger partial charge in [-0.2, -0.15) is 0 Å². The Morgan fingerprint density at radius 1 is 0.700 bits per heavy atom. The van der Waals surface area contributed by atoms with Gasteiger partial charge < -0.3 is 4.98 Å². The van der Waals surface area contributed by atoms with Crippen molar-refractivity contribution in [3.63, 3.8) is 0 Å². The van der Waals surface area contributed by atoms with Crippen LogP contribution in [0.4, 0.5) is 0 Å². The lowest BCUT2D eigenvalue weighted by Crippen LogP contribution is -2.03. The Bertz CT molecular complexity index is 1420. The number of fused-ring (bicyclic) bond motifs is 4. The van der Waals surface area contributed by atoms with Crippen LogP contribution in [-0.2, 0) is 0 Å². The lowest BCUT2D eigenvalue weighted by molar-refractivity contribution is 1.00. The summed E-state index contributed by atoms with van der Waals surface area (Å²) < 4.78 is 0. The van der Waals surface area contributed by atoms with E-state index in [1.54, 1.807) is 0 Å². The van der Waals surface area contributed by atoms with Crippen LogP contribution >= 0.6 is 11.3 Å². The van der Waals surface area contributed by atoms with Crippen molar-refractivity contribution in [3.05, 3.63) is 106 Å². The number of aromatic amines is 1. The van der Waals surface area contributed by atoms with Crippen LogP contribution in [0.5, 0.6) is 0 Å². The highest BCUT2D eigenvalue weighted by Gasteiger charge is 2.33. The molecule has 2 heterocycles. The molecule has 1 N–H and O–H groups in total. The zero-order valence-corrected chi connectivity index (χ0v) is 18.2. The van der Waals surface area contributed by atoms with Crippen LogP contribution < -0.4 is 0 Å². The number of nitrogens with one attached hydrogen (secondary N) is 1. The SMILES string of the molecule is Cc1[nH]c2ccc(C3c4ccccc4-c4cccc(-c5cccs5)c43)c(C)c2c1C.